The predicted molar refractivity (Wildman–Crippen MR) is 112 cm³/mol. The first-order chi connectivity index (χ1) is 14.3. The highest BCUT2D eigenvalue weighted by molar-refractivity contribution is 7.91. The Kier molecular flexibility index (Phi) is 5.71. The molecular weight excluding hydrogens is 452 g/mol. The molecule has 30 heavy (non-hydrogen) atoms. The van der Waals surface area contributed by atoms with Crippen LogP contribution < -0.4 is 4.80 Å². The second-order valence-corrected chi connectivity index (χ2v) is 10.7. The molecule has 1 saturated heterocycles. The minimum absolute atomic E-state index is 0.127. The van der Waals surface area contributed by atoms with Crippen LogP contribution >= 0.6 is 22.7 Å². The van der Waals surface area contributed by atoms with Crippen LogP contribution in [0.15, 0.2) is 51.5 Å². The van der Waals surface area contributed by atoms with Crippen LogP contribution in [0.4, 0.5) is 8.78 Å². The second kappa shape index (κ2) is 8.14. The third-order valence-electron chi connectivity index (χ3n) is 4.76. The lowest BCUT2D eigenvalue weighted by Crippen LogP contribution is -2.40. The quantitative estimate of drug-likeness (QED) is 0.537. The van der Waals surface area contributed by atoms with E-state index in [4.69, 9.17) is 0 Å². The Morgan fingerprint density at radius 1 is 1.37 bits per heavy atom. The maximum Gasteiger partial charge on any atom is 0.266 e. The molecule has 0 spiro atoms. The van der Waals surface area contributed by atoms with Crippen molar-refractivity contribution in [3.8, 4) is 0 Å². The van der Waals surface area contributed by atoms with Gasteiger partial charge in [-0.1, -0.05) is 23.5 Å². The number of amides is 1. The maximum absolute atomic E-state index is 14.4. The van der Waals surface area contributed by atoms with Crippen molar-refractivity contribution in [2.75, 3.05) is 6.54 Å². The first-order valence-corrected chi connectivity index (χ1v) is 12.2. The predicted octanol–water partition coefficient (Wildman–Crippen LogP) is 3.51. The second-order valence-electron chi connectivity index (χ2n) is 6.67. The Balaban J connectivity index is 1.77. The number of hydrogen-bond acceptors (Lipinski definition) is 5. The SMILES string of the molecule is C=CCn1c(=NC(=O)C2CCCN2S(=O)(=O)c2cccs2)sc2cc(F)cc(F)c21. The van der Waals surface area contributed by atoms with Crippen LogP contribution in [0.5, 0.6) is 0 Å². The number of fused-ring (bicyclic) bond motifs is 1. The van der Waals surface area contributed by atoms with E-state index in [-0.39, 0.29) is 27.6 Å². The zero-order valence-corrected chi connectivity index (χ0v) is 18.1. The molecule has 0 bridgehead atoms. The standard InChI is InChI=1S/C19H17F2N3O3S3/c1-2-7-23-17-13(21)10-12(20)11-15(17)29-19(23)22-18(25)14-5-3-8-24(14)30(26,27)16-6-4-9-28-16/h2,4,6,9-11,14H,1,3,5,7-8H2. The van der Waals surface area contributed by atoms with E-state index in [0.717, 1.165) is 28.7 Å². The van der Waals surface area contributed by atoms with Crippen LogP contribution in [0.25, 0.3) is 10.2 Å². The maximum atomic E-state index is 14.4. The van der Waals surface area contributed by atoms with Crippen LogP contribution in [0, 0.1) is 11.6 Å². The lowest BCUT2D eigenvalue weighted by Gasteiger charge is -2.20. The third kappa shape index (κ3) is 3.66. The zero-order chi connectivity index (χ0) is 21.5. The molecule has 3 aromatic rings. The number of aromatic nitrogens is 1. The summed E-state index contributed by atoms with van der Waals surface area (Å²) in [5.74, 6) is -2.12. The van der Waals surface area contributed by atoms with Crippen molar-refractivity contribution in [3.05, 3.63) is 58.7 Å². The van der Waals surface area contributed by atoms with E-state index in [0.29, 0.717) is 17.5 Å². The molecule has 158 valence electrons. The fourth-order valence-corrected chi connectivity index (χ4v) is 7.34. The number of hydrogen-bond donors (Lipinski definition) is 0. The number of thiazole rings is 1. The van der Waals surface area contributed by atoms with Gasteiger partial charge in [-0.15, -0.1) is 17.9 Å². The van der Waals surface area contributed by atoms with Gasteiger partial charge in [0.15, 0.2) is 10.6 Å². The summed E-state index contributed by atoms with van der Waals surface area (Å²) in [5.41, 5.74) is 0.127. The molecule has 4 rings (SSSR count). The van der Waals surface area contributed by atoms with E-state index in [1.165, 1.54) is 27.1 Å². The number of carbonyl (C=O) groups excluding carboxylic acids is 1. The number of carbonyl (C=O) groups is 1. The van der Waals surface area contributed by atoms with Crippen molar-refractivity contribution in [2.45, 2.75) is 29.6 Å². The summed E-state index contributed by atoms with van der Waals surface area (Å²) in [6.45, 7) is 4.02. The van der Waals surface area contributed by atoms with Gasteiger partial charge in [-0.25, -0.2) is 17.2 Å². The minimum Gasteiger partial charge on any atom is -0.310 e. The van der Waals surface area contributed by atoms with Gasteiger partial charge < -0.3 is 4.57 Å². The Morgan fingerprint density at radius 3 is 2.87 bits per heavy atom. The van der Waals surface area contributed by atoms with Crippen LogP contribution in [0.2, 0.25) is 0 Å². The number of nitrogens with zero attached hydrogens (tertiary/aromatic N) is 3. The van der Waals surface area contributed by atoms with Gasteiger partial charge in [0.25, 0.3) is 15.9 Å². The zero-order valence-electron chi connectivity index (χ0n) is 15.6. The Hall–Kier alpha value is -2.21. The van der Waals surface area contributed by atoms with Crippen molar-refractivity contribution in [1.82, 2.24) is 8.87 Å². The van der Waals surface area contributed by atoms with Gasteiger partial charge >= 0.3 is 0 Å². The van der Waals surface area contributed by atoms with E-state index < -0.39 is 33.6 Å². The highest BCUT2D eigenvalue weighted by Crippen LogP contribution is 2.29. The Morgan fingerprint density at radius 2 is 2.17 bits per heavy atom. The first-order valence-electron chi connectivity index (χ1n) is 9.06. The minimum atomic E-state index is -3.80. The first kappa shape index (κ1) is 21.0. The molecule has 1 unspecified atom stereocenters. The molecule has 1 aliphatic rings. The number of halogens is 2. The summed E-state index contributed by atoms with van der Waals surface area (Å²) >= 11 is 2.06. The van der Waals surface area contributed by atoms with Gasteiger partial charge in [0.05, 0.1) is 10.2 Å². The summed E-state index contributed by atoms with van der Waals surface area (Å²) < 4.78 is 56.8. The van der Waals surface area contributed by atoms with Gasteiger partial charge in [-0.2, -0.15) is 9.30 Å². The van der Waals surface area contributed by atoms with E-state index in [1.807, 2.05) is 0 Å². The lowest BCUT2D eigenvalue weighted by atomic mass is 10.2. The van der Waals surface area contributed by atoms with E-state index in [2.05, 4.69) is 11.6 Å². The lowest BCUT2D eigenvalue weighted by molar-refractivity contribution is -0.121. The van der Waals surface area contributed by atoms with Gasteiger partial charge in [0.1, 0.15) is 16.1 Å². The molecule has 0 saturated carbocycles. The topological polar surface area (TPSA) is 71.7 Å². The number of allylic oxidation sites excluding steroid dienone is 1. The molecule has 1 aromatic carbocycles. The van der Waals surface area contributed by atoms with Gasteiger partial charge in [-0.3, -0.25) is 4.79 Å². The summed E-state index contributed by atoms with van der Waals surface area (Å²) in [6, 6.07) is 4.15. The fourth-order valence-electron chi connectivity index (χ4n) is 3.48. The van der Waals surface area contributed by atoms with Crippen molar-refractivity contribution in [2.24, 2.45) is 4.99 Å². The summed E-state index contributed by atoms with van der Waals surface area (Å²) in [6.07, 6.45) is 2.40. The van der Waals surface area contributed by atoms with Crippen molar-refractivity contribution in [1.29, 1.82) is 0 Å². The highest BCUT2D eigenvalue weighted by atomic mass is 32.2. The molecular formula is C19H17F2N3O3S3. The smallest absolute Gasteiger partial charge is 0.266 e. The van der Waals surface area contributed by atoms with Gasteiger partial charge in [0, 0.05) is 19.2 Å². The molecule has 2 aromatic heterocycles. The van der Waals surface area contributed by atoms with E-state index in [1.54, 1.807) is 11.4 Å². The fraction of sp³-hybridized carbons (Fsp3) is 0.263. The van der Waals surface area contributed by atoms with Gasteiger partial charge in [-0.05, 0) is 30.4 Å². The molecule has 0 radical (unpaired) electrons. The van der Waals surface area contributed by atoms with E-state index in [9.17, 15) is 22.0 Å². The number of sulfonamides is 1. The van der Waals surface area contributed by atoms with Gasteiger partial charge in [0.2, 0.25) is 0 Å². The van der Waals surface area contributed by atoms with Crippen LogP contribution in [0.1, 0.15) is 12.8 Å². The molecule has 11 heteroatoms. The normalized spacial score (nSPS) is 18.3. The Labute approximate surface area is 179 Å². The molecule has 1 aliphatic heterocycles. The molecule has 1 atom stereocenters. The van der Waals surface area contributed by atoms with Crippen molar-refractivity contribution < 1.29 is 22.0 Å². The van der Waals surface area contributed by atoms with Crippen LogP contribution in [0.3, 0.4) is 0 Å². The average Bonchev–Trinajstić information content (AvgIpc) is 3.42. The molecule has 0 N–H and O–H groups in total. The van der Waals surface area contributed by atoms with Crippen molar-refractivity contribution >= 4 is 48.8 Å². The molecule has 3 heterocycles. The molecule has 0 aliphatic carbocycles. The number of rotatable bonds is 5. The monoisotopic (exact) mass is 469 g/mol. The molecule has 1 fully saturated rings. The summed E-state index contributed by atoms with van der Waals surface area (Å²) in [7, 11) is -3.80. The van der Waals surface area contributed by atoms with Crippen molar-refractivity contribution in [3.63, 3.8) is 0 Å². The van der Waals surface area contributed by atoms with Crippen LogP contribution in [-0.2, 0) is 21.4 Å². The third-order valence-corrected chi connectivity index (χ3v) is 9.07. The molecule has 1 amide bonds. The average molecular weight is 470 g/mol. The van der Waals surface area contributed by atoms with Crippen LogP contribution in [-0.4, -0.2) is 35.8 Å². The highest BCUT2D eigenvalue weighted by Gasteiger charge is 2.40. The summed E-state index contributed by atoms with van der Waals surface area (Å²) in [4.78, 5) is 17.2. The number of benzene rings is 1. The number of thiophene rings is 1. The van der Waals surface area contributed by atoms with E-state index >= 15 is 0 Å². The summed E-state index contributed by atoms with van der Waals surface area (Å²) in [5, 5.41) is 1.66. The largest absolute Gasteiger partial charge is 0.310 e. The Bertz CT molecular complexity index is 1290. The molecule has 6 nitrogen and oxygen atoms in total.